The molecule has 0 radical (unpaired) electrons. The highest BCUT2D eigenvalue weighted by molar-refractivity contribution is 5.45. The summed E-state index contributed by atoms with van der Waals surface area (Å²) in [5, 5.41) is 11.2. The molecule has 2 heterocycles. The number of rotatable bonds is 5. The largest absolute Gasteiger partial charge is 0.493 e. The summed E-state index contributed by atoms with van der Waals surface area (Å²) in [5.41, 5.74) is 2.40. The lowest BCUT2D eigenvalue weighted by Gasteiger charge is -2.07. The van der Waals surface area contributed by atoms with Crippen LogP contribution in [0.3, 0.4) is 0 Å². The monoisotopic (exact) mass is 273 g/mol. The lowest BCUT2D eigenvalue weighted by Crippen LogP contribution is -2.01. The van der Waals surface area contributed by atoms with Gasteiger partial charge in [-0.15, -0.1) is 5.10 Å². The third kappa shape index (κ3) is 2.76. The van der Waals surface area contributed by atoms with Gasteiger partial charge in [0.1, 0.15) is 5.75 Å². The van der Waals surface area contributed by atoms with Crippen molar-refractivity contribution in [2.75, 3.05) is 11.9 Å². The van der Waals surface area contributed by atoms with Crippen molar-refractivity contribution in [1.29, 1.82) is 0 Å². The summed E-state index contributed by atoms with van der Waals surface area (Å²) in [4.78, 5) is 0. The van der Waals surface area contributed by atoms with Crippen LogP contribution in [0.25, 0.3) is 0 Å². The molecular formula is C15H19N3O2. The van der Waals surface area contributed by atoms with Crippen molar-refractivity contribution in [2.45, 2.75) is 33.2 Å². The lowest BCUT2D eigenvalue weighted by molar-refractivity contribution is 0.353. The number of anilines is 1. The van der Waals surface area contributed by atoms with Gasteiger partial charge in [-0.3, -0.25) is 0 Å². The molecule has 5 nitrogen and oxygen atoms in total. The van der Waals surface area contributed by atoms with Crippen molar-refractivity contribution in [3.8, 4) is 5.75 Å². The summed E-state index contributed by atoms with van der Waals surface area (Å²) in [5.74, 6) is 2.19. The van der Waals surface area contributed by atoms with Gasteiger partial charge in [0.25, 0.3) is 0 Å². The third-order valence-corrected chi connectivity index (χ3v) is 3.28. The summed E-state index contributed by atoms with van der Waals surface area (Å²) < 4.78 is 11.2. The van der Waals surface area contributed by atoms with Gasteiger partial charge in [-0.05, 0) is 11.5 Å². The fourth-order valence-corrected chi connectivity index (χ4v) is 2.35. The van der Waals surface area contributed by atoms with Crippen LogP contribution in [0.2, 0.25) is 0 Å². The quantitative estimate of drug-likeness (QED) is 0.907. The molecule has 1 N–H and O–H groups in total. The smallest absolute Gasteiger partial charge is 0.315 e. The minimum absolute atomic E-state index is 0.469. The Bertz CT molecular complexity index is 593. The summed E-state index contributed by atoms with van der Waals surface area (Å²) in [6.07, 6.45) is 1.79. The van der Waals surface area contributed by atoms with E-state index < -0.39 is 0 Å². The molecule has 0 atom stereocenters. The predicted octanol–water partition coefficient (Wildman–Crippen LogP) is 2.82. The molecule has 1 aliphatic rings. The van der Waals surface area contributed by atoms with E-state index in [1.54, 1.807) is 0 Å². The Kier molecular flexibility index (Phi) is 3.58. The van der Waals surface area contributed by atoms with Crippen LogP contribution >= 0.6 is 0 Å². The zero-order valence-corrected chi connectivity index (χ0v) is 11.8. The van der Waals surface area contributed by atoms with E-state index >= 15 is 0 Å². The second-order valence-corrected chi connectivity index (χ2v) is 5.46. The Balaban J connectivity index is 1.65. The molecule has 20 heavy (non-hydrogen) atoms. The first-order valence-electron chi connectivity index (χ1n) is 7.02. The molecule has 0 unspecified atom stereocenters. The zero-order chi connectivity index (χ0) is 13.9. The standard InChI is InChI=1S/C15H19N3O2/c1-10(2)8-13-17-18-15(20-13)16-9-12-5-3-4-11-6-7-19-14(11)12/h3-5,10H,6-9H2,1-2H3,(H,16,18). The van der Waals surface area contributed by atoms with Gasteiger partial charge in [0.2, 0.25) is 5.89 Å². The number of nitrogens with zero attached hydrogens (tertiary/aromatic N) is 2. The van der Waals surface area contributed by atoms with Gasteiger partial charge < -0.3 is 14.5 Å². The maximum absolute atomic E-state index is 5.67. The number of ether oxygens (including phenoxy) is 1. The fraction of sp³-hybridized carbons (Fsp3) is 0.467. The molecule has 0 bridgehead atoms. The molecule has 106 valence electrons. The van der Waals surface area contributed by atoms with Gasteiger partial charge in [-0.2, -0.15) is 0 Å². The van der Waals surface area contributed by atoms with Crippen LogP contribution in [0, 0.1) is 5.92 Å². The van der Waals surface area contributed by atoms with Gasteiger partial charge in [0.15, 0.2) is 0 Å². The molecule has 1 aromatic heterocycles. The van der Waals surface area contributed by atoms with Gasteiger partial charge in [-0.1, -0.05) is 37.1 Å². The van der Waals surface area contributed by atoms with Crippen LogP contribution in [0.4, 0.5) is 6.01 Å². The van der Waals surface area contributed by atoms with Gasteiger partial charge in [-0.25, -0.2) is 0 Å². The van der Waals surface area contributed by atoms with E-state index in [9.17, 15) is 0 Å². The maximum atomic E-state index is 5.67. The average molecular weight is 273 g/mol. The molecule has 0 spiro atoms. The maximum Gasteiger partial charge on any atom is 0.315 e. The summed E-state index contributed by atoms with van der Waals surface area (Å²) >= 11 is 0. The number of fused-ring (bicyclic) bond motifs is 1. The first kappa shape index (κ1) is 13.0. The van der Waals surface area contributed by atoms with E-state index in [0.717, 1.165) is 30.8 Å². The summed E-state index contributed by atoms with van der Waals surface area (Å²) in [6.45, 7) is 5.65. The molecule has 5 heteroatoms. The Hall–Kier alpha value is -2.04. The van der Waals surface area contributed by atoms with E-state index in [0.29, 0.717) is 24.4 Å². The van der Waals surface area contributed by atoms with Crippen LogP contribution in [-0.4, -0.2) is 16.8 Å². The molecule has 1 aliphatic heterocycles. The first-order valence-corrected chi connectivity index (χ1v) is 7.02. The second-order valence-electron chi connectivity index (χ2n) is 5.46. The van der Waals surface area contributed by atoms with Crippen LogP contribution < -0.4 is 10.1 Å². The molecule has 2 aromatic rings. The van der Waals surface area contributed by atoms with E-state index in [1.807, 2.05) is 0 Å². The number of hydrogen-bond acceptors (Lipinski definition) is 5. The molecule has 0 amide bonds. The first-order chi connectivity index (χ1) is 9.72. The number of benzene rings is 1. The lowest BCUT2D eigenvalue weighted by atomic mass is 10.1. The van der Waals surface area contributed by atoms with Crippen molar-refractivity contribution < 1.29 is 9.15 Å². The Morgan fingerprint density at radius 1 is 1.30 bits per heavy atom. The second kappa shape index (κ2) is 5.53. The number of nitrogens with one attached hydrogen (secondary N) is 1. The predicted molar refractivity (Wildman–Crippen MR) is 75.8 cm³/mol. The van der Waals surface area contributed by atoms with Gasteiger partial charge >= 0.3 is 6.01 Å². The van der Waals surface area contributed by atoms with E-state index in [-0.39, 0.29) is 0 Å². The molecule has 3 rings (SSSR count). The van der Waals surface area contributed by atoms with Crippen LogP contribution in [-0.2, 0) is 19.4 Å². The normalized spacial score (nSPS) is 13.3. The van der Waals surface area contributed by atoms with Gasteiger partial charge in [0, 0.05) is 24.9 Å². The Labute approximate surface area is 118 Å². The highest BCUT2D eigenvalue weighted by atomic mass is 16.5. The summed E-state index contributed by atoms with van der Waals surface area (Å²) in [6, 6.07) is 6.70. The SMILES string of the molecule is CC(C)Cc1nnc(NCc2cccc3c2OCC3)o1. The van der Waals surface area contributed by atoms with E-state index in [1.165, 1.54) is 5.56 Å². The van der Waals surface area contributed by atoms with Crippen LogP contribution in [0.5, 0.6) is 5.75 Å². The molecule has 0 saturated carbocycles. The van der Waals surface area contributed by atoms with E-state index in [4.69, 9.17) is 9.15 Å². The van der Waals surface area contributed by atoms with E-state index in [2.05, 4.69) is 47.6 Å². The van der Waals surface area contributed by atoms with Crippen LogP contribution in [0.1, 0.15) is 30.9 Å². The molecule has 0 fully saturated rings. The highest BCUT2D eigenvalue weighted by Gasteiger charge is 2.16. The molecule has 0 aliphatic carbocycles. The minimum atomic E-state index is 0.469. The Morgan fingerprint density at radius 2 is 2.20 bits per heavy atom. The minimum Gasteiger partial charge on any atom is -0.493 e. The Morgan fingerprint density at radius 3 is 3.05 bits per heavy atom. The molecule has 0 saturated heterocycles. The summed E-state index contributed by atoms with van der Waals surface area (Å²) in [7, 11) is 0. The fourth-order valence-electron chi connectivity index (χ4n) is 2.35. The van der Waals surface area contributed by atoms with Crippen molar-refractivity contribution >= 4 is 6.01 Å². The van der Waals surface area contributed by atoms with Crippen LogP contribution in [0.15, 0.2) is 22.6 Å². The highest BCUT2D eigenvalue weighted by Crippen LogP contribution is 2.29. The zero-order valence-electron chi connectivity index (χ0n) is 11.8. The number of aromatic nitrogens is 2. The molecular weight excluding hydrogens is 254 g/mol. The third-order valence-electron chi connectivity index (χ3n) is 3.28. The number of para-hydroxylation sites is 1. The van der Waals surface area contributed by atoms with Crippen molar-refractivity contribution in [3.05, 3.63) is 35.2 Å². The average Bonchev–Trinajstić information content (AvgIpc) is 3.04. The topological polar surface area (TPSA) is 60.2 Å². The van der Waals surface area contributed by atoms with Crippen molar-refractivity contribution in [3.63, 3.8) is 0 Å². The number of hydrogen-bond donors (Lipinski definition) is 1. The van der Waals surface area contributed by atoms with Gasteiger partial charge in [0.05, 0.1) is 6.61 Å². The van der Waals surface area contributed by atoms with Crippen molar-refractivity contribution in [1.82, 2.24) is 10.2 Å². The molecule has 1 aromatic carbocycles. The van der Waals surface area contributed by atoms with Crippen molar-refractivity contribution in [2.24, 2.45) is 5.92 Å².